The number of carboxylic acid groups (broad SMARTS) is 1. The zero-order chi connectivity index (χ0) is 19.7. The van der Waals surface area contributed by atoms with Crippen LogP contribution < -0.4 is 4.90 Å². The number of rotatable bonds is 4. The molecule has 6 nitrogen and oxygen atoms in total. The zero-order valence-electron chi connectivity index (χ0n) is 15.4. The van der Waals surface area contributed by atoms with E-state index in [9.17, 15) is 14.7 Å². The summed E-state index contributed by atoms with van der Waals surface area (Å²) in [4.78, 5) is 31.6. The van der Waals surface area contributed by atoms with Crippen molar-refractivity contribution in [2.45, 2.75) is 19.3 Å². The van der Waals surface area contributed by atoms with Crippen LogP contribution in [0.2, 0.25) is 0 Å². The number of aromatic nitrogens is 1. The molecule has 28 heavy (non-hydrogen) atoms. The van der Waals surface area contributed by atoms with Gasteiger partial charge in [0.25, 0.3) is 0 Å². The monoisotopic (exact) mass is 399 g/mol. The summed E-state index contributed by atoms with van der Waals surface area (Å²) in [5.74, 6) is -1.09. The average molecular weight is 400 g/mol. The van der Waals surface area contributed by atoms with Crippen LogP contribution in [0.5, 0.6) is 0 Å². The van der Waals surface area contributed by atoms with E-state index in [2.05, 4.69) is 22.0 Å². The number of nitrogens with one attached hydrogen (secondary N) is 1. The van der Waals surface area contributed by atoms with Crippen molar-refractivity contribution in [3.63, 3.8) is 0 Å². The fraction of sp³-hybridized carbons (Fsp3) is 0.333. The number of hydrogen-bond acceptors (Lipinski definition) is 3. The first-order valence-electron chi connectivity index (χ1n) is 9.44. The number of allylic oxidation sites excluding steroid dienone is 1. The summed E-state index contributed by atoms with van der Waals surface area (Å²) in [6, 6.07) is 10.1. The van der Waals surface area contributed by atoms with E-state index in [-0.39, 0.29) is 18.0 Å². The summed E-state index contributed by atoms with van der Waals surface area (Å²) >= 11 is 6.16. The molecule has 1 saturated heterocycles. The van der Waals surface area contributed by atoms with Gasteiger partial charge in [0, 0.05) is 53.7 Å². The number of carbonyl (C=O) groups excluding carboxylic acids is 1. The number of aryl methyl sites for hydroxylation is 1. The smallest absolute Gasteiger partial charge is 0.352 e. The summed E-state index contributed by atoms with van der Waals surface area (Å²) in [6.45, 7) is 2.77. The Morgan fingerprint density at radius 2 is 1.79 bits per heavy atom. The second kappa shape index (κ2) is 7.72. The lowest BCUT2D eigenvalue weighted by Gasteiger charge is -2.36. The molecular formula is C21H22ClN3O3. The number of nitrogens with zero attached hydrogens (tertiary/aromatic N) is 2. The van der Waals surface area contributed by atoms with Crippen molar-refractivity contribution >= 4 is 35.2 Å². The Balaban J connectivity index is 1.48. The number of hydrogen-bond donors (Lipinski definition) is 2. The first-order valence-corrected chi connectivity index (χ1v) is 9.81. The molecule has 146 valence electrons. The van der Waals surface area contributed by atoms with E-state index in [1.54, 1.807) is 6.08 Å². The van der Waals surface area contributed by atoms with Gasteiger partial charge in [-0.1, -0.05) is 29.8 Å². The third-order valence-corrected chi connectivity index (χ3v) is 5.74. The van der Waals surface area contributed by atoms with Crippen molar-refractivity contribution in [3.05, 3.63) is 57.9 Å². The summed E-state index contributed by atoms with van der Waals surface area (Å²) < 4.78 is 0. The fourth-order valence-corrected chi connectivity index (χ4v) is 4.14. The number of para-hydroxylation sites is 1. The van der Waals surface area contributed by atoms with Crippen LogP contribution in [0.3, 0.4) is 0 Å². The van der Waals surface area contributed by atoms with Crippen molar-refractivity contribution in [2.75, 3.05) is 31.1 Å². The van der Waals surface area contributed by atoms with E-state index in [0.29, 0.717) is 36.5 Å². The molecule has 0 unspecified atom stereocenters. The van der Waals surface area contributed by atoms with Crippen LogP contribution in [0.25, 0.3) is 6.08 Å². The Hall–Kier alpha value is -2.73. The summed E-state index contributed by atoms with van der Waals surface area (Å²) in [7, 11) is 0. The van der Waals surface area contributed by atoms with E-state index >= 15 is 0 Å². The first-order chi connectivity index (χ1) is 13.5. The number of anilines is 1. The topological polar surface area (TPSA) is 76.6 Å². The number of aromatic amines is 1. The van der Waals surface area contributed by atoms with Gasteiger partial charge in [0.05, 0.1) is 6.42 Å². The van der Waals surface area contributed by atoms with E-state index in [1.807, 2.05) is 23.1 Å². The number of H-pyrrole nitrogens is 1. The molecule has 2 N–H and O–H groups in total. The van der Waals surface area contributed by atoms with Gasteiger partial charge < -0.3 is 19.9 Å². The first kappa shape index (κ1) is 18.6. The number of carboxylic acids is 1. The lowest BCUT2D eigenvalue weighted by atomic mass is 9.98. The maximum atomic E-state index is 12.9. The Labute approximate surface area is 168 Å². The van der Waals surface area contributed by atoms with Crippen LogP contribution in [-0.2, 0) is 17.6 Å². The SMILES string of the molecule is O=C(O)c1[nH]c2c(c1CC(=O)N1CCN(c3ccccc3)CC1)C=C(Cl)CC2. The summed E-state index contributed by atoms with van der Waals surface area (Å²) in [5.41, 5.74) is 3.41. The van der Waals surface area contributed by atoms with Crippen molar-refractivity contribution in [3.8, 4) is 0 Å². The van der Waals surface area contributed by atoms with Gasteiger partial charge in [0.15, 0.2) is 0 Å². The highest BCUT2D eigenvalue weighted by molar-refractivity contribution is 6.31. The number of amides is 1. The van der Waals surface area contributed by atoms with E-state index in [1.165, 1.54) is 0 Å². The molecular weight excluding hydrogens is 378 g/mol. The average Bonchev–Trinajstić information content (AvgIpc) is 3.06. The molecule has 7 heteroatoms. The van der Waals surface area contributed by atoms with Gasteiger partial charge in [-0.25, -0.2) is 4.79 Å². The zero-order valence-corrected chi connectivity index (χ0v) is 16.2. The van der Waals surface area contributed by atoms with Gasteiger partial charge in [0.2, 0.25) is 5.91 Å². The third kappa shape index (κ3) is 3.64. The van der Waals surface area contributed by atoms with Crippen molar-refractivity contribution in [1.82, 2.24) is 9.88 Å². The summed E-state index contributed by atoms with van der Waals surface area (Å²) in [5, 5.41) is 10.2. The highest BCUT2D eigenvalue weighted by Gasteiger charge is 2.27. The summed E-state index contributed by atoms with van der Waals surface area (Å²) in [6.07, 6.45) is 3.20. The van der Waals surface area contributed by atoms with Gasteiger partial charge in [-0.2, -0.15) is 0 Å². The van der Waals surface area contributed by atoms with Crippen LogP contribution in [0.4, 0.5) is 5.69 Å². The second-order valence-corrected chi connectivity index (χ2v) is 7.63. The van der Waals surface area contributed by atoms with Crippen LogP contribution in [-0.4, -0.2) is 53.0 Å². The maximum Gasteiger partial charge on any atom is 0.352 e. The van der Waals surface area contributed by atoms with Gasteiger partial charge in [-0.15, -0.1) is 0 Å². The quantitative estimate of drug-likeness (QED) is 0.828. The molecule has 1 fully saturated rings. The van der Waals surface area contributed by atoms with Gasteiger partial charge in [-0.05, 0) is 31.1 Å². The Morgan fingerprint density at radius 3 is 2.46 bits per heavy atom. The van der Waals surface area contributed by atoms with Gasteiger partial charge >= 0.3 is 5.97 Å². The van der Waals surface area contributed by atoms with Crippen molar-refractivity contribution < 1.29 is 14.7 Å². The molecule has 2 heterocycles. The highest BCUT2D eigenvalue weighted by atomic mass is 35.5. The predicted molar refractivity (Wildman–Crippen MR) is 109 cm³/mol. The third-order valence-electron chi connectivity index (χ3n) is 5.44. The molecule has 2 aromatic rings. The minimum absolute atomic E-state index is 0.0490. The molecule has 0 atom stereocenters. The fourth-order valence-electron chi connectivity index (χ4n) is 3.94. The van der Waals surface area contributed by atoms with Crippen molar-refractivity contribution in [1.29, 1.82) is 0 Å². The lowest BCUT2D eigenvalue weighted by Crippen LogP contribution is -2.49. The number of carbonyl (C=O) groups is 2. The predicted octanol–water partition coefficient (Wildman–Crippen LogP) is 3.13. The molecule has 0 saturated carbocycles. The van der Waals surface area contributed by atoms with E-state index in [0.717, 1.165) is 30.0 Å². The number of benzene rings is 1. The molecule has 1 aromatic heterocycles. The van der Waals surface area contributed by atoms with Crippen LogP contribution in [0, 0.1) is 0 Å². The van der Waals surface area contributed by atoms with Crippen LogP contribution in [0.1, 0.15) is 33.7 Å². The number of aromatic carboxylic acids is 1. The standard InChI is InChI=1S/C21H22ClN3O3/c22-14-6-7-18-16(12-14)17(20(23-18)21(27)28)13-19(26)25-10-8-24(9-11-25)15-4-2-1-3-5-15/h1-5,12,23H,6-11,13H2,(H,27,28). The van der Waals surface area contributed by atoms with Gasteiger partial charge in [-0.3, -0.25) is 4.79 Å². The molecule has 0 spiro atoms. The number of halogens is 1. The molecule has 0 bridgehead atoms. The molecule has 4 rings (SSSR count). The maximum absolute atomic E-state index is 12.9. The molecule has 1 amide bonds. The number of fused-ring (bicyclic) bond motifs is 1. The normalized spacial score (nSPS) is 16.5. The van der Waals surface area contributed by atoms with E-state index in [4.69, 9.17) is 11.6 Å². The van der Waals surface area contributed by atoms with Crippen LogP contribution >= 0.6 is 11.6 Å². The molecule has 2 aliphatic rings. The van der Waals surface area contributed by atoms with Gasteiger partial charge in [0.1, 0.15) is 5.69 Å². The van der Waals surface area contributed by atoms with Crippen molar-refractivity contribution in [2.24, 2.45) is 0 Å². The molecule has 1 aromatic carbocycles. The van der Waals surface area contributed by atoms with E-state index < -0.39 is 5.97 Å². The lowest BCUT2D eigenvalue weighted by molar-refractivity contribution is -0.130. The van der Waals surface area contributed by atoms with Crippen LogP contribution in [0.15, 0.2) is 35.4 Å². The highest BCUT2D eigenvalue weighted by Crippen LogP contribution is 2.31. The Bertz CT molecular complexity index is 928. The molecule has 1 aliphatic heterocycles. The molecule has 1 aliphatic carbocycles. The molecule has 0 radical (unpaired) electrons. The largest absolute Gasteiger partial charge is 0.477 e. The Kier molecular flexibility index (Phi) is 5.13. The minimum atomic E-state index is -1.05. The minimum Gasteiger partial charge on any atom is -0.477 e. The number of piperazine rings is 1. The Morgan fingerprint density at radius 1 is 1.07 bits per heavy atom. The second-order valence-electron chi connectivity index (χ2n) is 7.15.